The fourth-order valence-electron chi connectivity index (χ4n) is 1.60. The van der Waals surface area contributed by atoms with Gasteiger partial charge in [0.25, 0.3) is 0 Å². The van der Waals surface area contributed by atoms with Crippen LogP contribution in [0.2, 0.25) is 0 Å². The van der Waals surface area contributed by atoms with E-state index in [1.54, 1.807) is 13.0 Å². The first-order valence-electron chi connectivity index (χ1n) is 5.28. The second-order valence-corrected chi connectivity index (χ2v) is 3.44. The maximum absolute atomic E-state index is 11.4. The number of carbonyl (C=O) groups is 2. The van der Waals surface area contributed by atoms with Gasteiger partial charge < -0.3 is 14.8 Å². The van der Waals surface area contributed by atoms with Crippen LogP contribution < -0.4 is 5.32 Å². The summed E-state index contributed by atoms with van der Waals surface area (Å²) in [5.74, 6) is -1.07. The highest BCUT2D eigenvalue weighted by Crippen LogP contribution is 2.20. The molecule has 0 amide bonds. The number of nitrogens with one attached hydrogen (secondary N) is 1. The van der Waals surface area contributed by atoms with Gasteiger partial charge in [-0.05, 0) is 19.8 Å². The Balaban J connectivity index is 2.78. The van der Waals surface area contributed by atoms with Crippen LogP contribution >= 0.6 is 0 Å². The average molecular weight is 238 g/mol. The molecule has 0 radical (unpaired) electrons. The largest absolute Gasteiger partial charge is 0.465 e. The van der Waals surface area contributed by atoms with Gasteiger partial charge in [0.05, 0.1) is 13.7 Å². The van der Waals surface area contributed by atoms with E-state index in [-0.39, 0.29) is 11.5 Å². The molecular weight excluding hydrogens is 224 g/mol. The number of nitrogens with zero attached hydrogens (tertiary/aromatic N) is 1. The number of carbonyl (C=O) groups excluding carboxylic acids is 2. The van der Waals surface area contributed by atoms with Crippen LogP contribution in [0.25, 0.3) is 0 Å². The molecule has 1 aliphatic heterocycles. The summed E-state index contributed by atoms with van der Waals surface area (Å²) in [6, 6.07) is 1.29. The molecular formula is C11H14N2O4. The normalized spacial score (nSPS) is 21.1. The van der Waals surface area contributed by atoms with Gasteiger partial charge >= 0.3 is 11.9 Å². The summed E-state index contributed by atoms with van der Waals surface area (Å²) >= 11 is 0. The average Bonchev–Trinajstić information content (AvgIpc) is 2.79. The van der Waals surface area contributed by atoms with Crippen LogP contribution in [0.15, 0.2) is 11.3 Å². The summed E-state index contributed by atoms with van der Waals surface area (Å²) < 4.78 is 9.33. The van der Waals surface area contributed by atoms with E-state index in [0.717, 1.165) is 0 Å². The first-order valence-corrected chi connectivity index (χ1v) is 5.28. The number of ether oxygens (including phenoxy) is 2. The predicted octanol–water partition coefficient (Wildman–Crippen LogP) is 0.252. The number of rotatable bonds is 3. The highest BCUT2D eigenvalue weighted by molar-refractivity contribution is 5.93. The molecule has 1 aliphatic rings. The third-order valence-corrected chi connectivity index (χ3v) is 2.41. The van der Waals surface area contributed by atoms with E-state index in [2.05, 4.69) is 10.1 Å². The lowest BCUT2D eigenvalue weighted by atomic mass is 10.2. The first-order chi connectivity index (χ1) is 8.13. The fraction of sp³-hybridized carbons (Fsp3) is 0.545. The van der Waals surface area contributed by atoms with Crippen LogP contribution in [0.5, 0.6) is 0 Å². The van der Waals surface area contributed by atoms with E-state index in [0.29, 0.717) is 25.1 Å². The lowest BCUT2D eigenvalue weighted by Gasteiger charge is -2.10. The van der Waals surface area contributed by atoms with Crippen molar-refractivity contribution in [2.24, 2.45) is 0 Å². The third-order valence-electron chi connectivity index (χ3n) is 2.41. The number of hydrogen-bond acceptors (Lipinski definition) is 6. The SMILES string of the molecule is CCOC(=O)C1CCC(=C(C#N)C(=O)OC)N1. The smallest absolute Gasteiger partial charge is 0.350 e. The van der Waals surface area contributed by atoms with Crippen molar-refractivity contribution in [1.29, 1.82) is 5.26 Å². The summed E-state index contributed by atoms with van der Waals surface area (Å²) in [4.78, 5) is 22.7. The molecule has 6 heteroatoms. The summed E-state index contributed by atoms with van der Waals surface area (Å²) in [6.45, 7) is 2.02. The summed E-state index contributed by atoms with van der Waals surface area (Å²) in [6.07, 6.45) is 0.970. The van der Waals surface area contributed by atoms with E-state index >= 15 is 0 Å². The molecule has 0 bridgehead atoms. The van der Waals surface area contributed by atoms with Gasteiger partial charge in [-0.25, -0.2) is 9.59 Å². The van der Waals surface area contributed by atoms with E-state index in [9.17, 15) is 9.59 Å². The zero-order chi connectivity index (χ0) is 12.8. The zero-order valence-corrected chi connectivity index (χ0v) is 9.78. The van der Waals surface area contributed by atoms with Crippen molar-refractivity contribution in [3.63, 3.8) is 0 Å². The van der Waals surface area contributed by atoms with E-state index in [1.807, 2.05) is 0 Å². The Morgan fingerprint density at radius 1 is 1.59 bits per heavy atom. The Morgan fingerprint density at radius 3 is 2.82 bits per heavy atom. The molecule has 92 valence electrons. The lowest BCUT2D eigenvalue weighted by molar-refractivity contribution is -0.145. The number of allylic oxidation sites excluding steroid dienone is 1. The monoisotopic (exact) mass is 238 g/mol. The second-order valence-electron chi connectivity index (χ2n) is 3.44. The van der Waals surface area contributed by atoms with Gasteiger partial charge in [0.1, 0.15) is 12.1 Å². The van der Waals surface area contributed by atoms with Crippen LogP contribution in [0, 0.1) is 11.3 Å². The van der Waals surface area contributed by atoms with Crippen LogP contribution in [0.3, 0.4) is 0 Å². The summed E-state index contributed by atoms with van der Waals surface area (Å²) in [5, 5.41) is 11.7. The Hall–Kier alpha value is -2.03. The molecule has 1 fully saturated rings. The molecule has 1 N–H and O–H groups in total. The molecule has 1 rings (SSSR count). The van der Waals surface area contributed by atoms with Crippen molar-refractivity contribution in [1.82, 2.24) is 5.32 Å². The first kappa shape index (κ1) is 13.0. The van der Waals surface area contributed by atoms with Gasteiger partial charge in [-0.2, -0.15) is 5.26 Å². The molecule has 0 spiro atoms. The number of methoxy groups -OCH3 is 1. The molecule has 0 aromatic heterocycles. The number of nitriles is 1. The van der Waals surface area contributed by atoms with Crippen molar-refractivity contribution in [3.05, 3.63) is 11.3 Å². The molecule has 0 saturated carbocycles. The molecule has 6 nitrogen and oxygen atoms in total. The van der Waals surface area contributed by atoms with E-state index < -0.39 is 12.0 Å². The molecule has 0 aromatic rings. The minimum Gasteiger partial charge on any atom is -0.465 e. The van der Waals surface area contributed by atoms with E-state index in [1.165, 1.54) is 7.11 Å². The van der Waals surface area contributed by atoms with Gasteiger partial charge in [-0.1, -0.05) is 0 Å². The quantitative estimate of drug-likeness (QED) is 0.431. The van der Waals surface area contributed by atoms with Crippen LogP contribution in [-0.4, -0.2) is 31.7 Å². The molecule has 1 heterocycles. The number of hydrogen-bond donors (Lipinski definition) is 1. The molecule has 17 heavy (non-hydrogen) atoms. The standard InChI is InChI=1S/C11H14N2O4/c1-3-17-11(15)9-5-4-8(13-9)7(6-12)10(14)16-2/h9,13H,3-5H2,1-2H3. The third kappa shape index (κ3) is 2.97. The fourth-order valence-corrected chi connectivity index (χ4v) is 1.60. The minimum absolute atomic E-state index is 0.0840. The van der Waals surface area contributed by atoms with E-state index in [4.69, 9.17) is 10.00 Å². The summed E-state index contributed by atoms with van der Waals surface area (Å²) in [7, 11) is 1.21. The maximum atomic E-state index is 11.4. The van der Waals surface area contributed by atoms with Gasteiger partial charge in [0.15, 0.2) is 5.57 Å². The highest BCUT2D eigenvalue weighted by Gasteiger charge is 2.30. The Bertz CT molecular complexity index is 395. The van der Waals surface area contributed by atoms with Crippen LogP contribution in [0.4, 0.5) is 0 Å². The van der Waals surface area contributed by atoms with Gasteiger partial charge in [-0.3, -0.25) is 0 Å². The molecule has 0 aromatic carbocycles. The topological polar surface area (TPSA) is 88.4 Å². The van der Waals surface area contributed by atoms with Gasteiger partial charge in [0.2, 0.25) is 0 Å². The lowest BCUT2D eigenvalue weighted by Crippen LogP contribution is -2.32. The van der Waals surface area contributed by atoms with Crippen LogP contribution in [0.1, 0.15) is 19.8 Å². The molecule has 1 saturated heterocycles. The second kappa shape index (κ2) is 5.89. The Labute approximate surface area is 99.2 Å². The number of esters is 2. The predicted molar refractivity (Wildman–Crippen MR) is 57.4 cm³/mol. The molecule has 1 unspecified atom stereocenters. The Morgan fingerprint density at radius 2 is 2.29 bits per heavy atom. The van der Waals surface area contributed by atoms with Crippen molar-refractivity contribution in [3.8, 4) is 6.07 Å². The van der Waals surface area contributed by atoms with Crippen molar-refractivity contribution >= 4 is 11.9 Å². The minimum atomic E-state index is -0.695. The van der Waals surface area contributed by atoms with Crippen molar-refractivity contribution in [2.45, 2.75) is 25.8 Å². The highest BCUT2D eigenvalue weighted by atomic mass is 16.5. The zero-order valence-electron chi connectivity index (χ0n) is 9.78. The van der Waals surface area contributed by atoms with Gasteiger partial charge in [0, 0.05) is 5.70 Å². The van der Waals surface area contributed by atoms with Crippen molar-refractivity contribution < 1.29 is 19.1 Å². The van der Waals surface area contributed by atoms with Crippen molar-refractivity contribution in [2.75, 3.05) is 13.7 Å². The molecule has 1 atom stereocenters. The molecule has 0 aliphatic carbocycles. The Kier molecular flexibility index (Phi) is 4.52. The maximum Gasteiger partial charge on any atom is 0.350 e. The summed E-state index contributed by atoms with van der Waals surface area (Å²) in [5.41, 5.74) is 0.358. The van der Waals surface area contributed by atoms with Crippen LogP contribution in [-0.2, 0) is 19.1 Å². The van der Waals surface area contributed by atoms with Gasteiger partial charge in [-0.15, -0.1) is 0 Å².